The highest BCUT2D eigenvalue weighted by atomic mass is 79.9. The molecule has 0 heterocycles. The van der Waals surface area contributed by atoms with Crippen LogP contribution in [0.3, 0.4) is 0 Å². The van der Waals surface area contributed by atoms with Crippen molar-refractivity contribution >= 4 is 21.9 Å². The second-order valence-electron chi connectivity index (χ2n) is 3.90. The standard InChI is InChI=1S/C12H15BrO3/c1-7-4-10(5-8(2)12(7)13)16-9(3)6-11(14)15/h4-5,9H,6H2,1-3H3,(H,14,15)/t9-/m1/s1. The van der Waals surface area contributed by atoms with Gasteiger partial charge in [0.15, 0.2) is 0 Å². The molecule has 0 radical (unpaired) electrons. The molecule has 4 heteroatoms. The average Bonchev–Trinajstić information content (AvgIpc) is 2.12. The molecule has 3 nitrogen and oxygen atoms in total. The summed E-state index contributed by atoms with van der Waals surface area (Å²) in [5.41, 5.74) is 2.16. The van der Waals surface area contributed by atoms with Gasteiger partial charge in [0.05, 0.1) is 6.42 Å². The van der Waals surface area contributed by atoms with E-state index in [9.17, 15) is 4.79 Å². The zero-order valence-electron chi connectivity index (χ0n) is 9.58. The van der Waals surface area contributed by atoms with E-state index in [-0.39, 0.29) is 12.5 Å². The lowest BCUT2D eigenvalue weighted by atomic mass is 10.1. The Hall–Kier alpha value is -1.03. The minimum absolute atomic E-state index is 0.00809. The lowest BCUT2D eigenvalue weighted by molar-refractivity contribution is -0.138. The molecule has 0 bridgehead atoms. The molecular formula is C12H15BrO3. The van der Waals surface area contributed by atoms with Crippen LogP contribution in [0.4, 0.5) is 0 Å². The van der Waals surface area contributed by atoms with Gasteiger partial charge in [0.2, 0.25) is 0 Å². The third kappa shape index (κ3) is 3.52. The molecule has 0 unspecified atom stereocenters. The first-order chi connectivity index (χ1) is 7.40. The van der Waals surface area contributed by atoms with Crippen molar-refractivity contribution in [1.82, 2.24) is 0 Å². The van der Waals surface area contributed by atoms with Crippen molar-refractivity contribution in [2.75, 3.05) is 0 Å². The summed E-state index contributed by atoms with van der Waals surface area (Å²) in [6.07, 6.45) is -0.314. The van der Waals surface area contributed by atoms with Crippen molar-refractivity contribution in [3.63, 3.8) is 0 Å². The van der Waals surface area contributed by atoms with Crippen LogP contribution in [0.5, 0.6) is 5.75 Å². The molecule has 0 aliphatic heterocycles. The van der Waals surface area contributed by atoms with E-state index in [1.54, 1.807) is 6.92 Å². The highest BCUT2D eigenvalue weighted by Gasteiger charge is 2.10. The molecule has 0 aliphatic carbocycles. The topological polar surface area (TPSA) is 46.5 Å². The number of hydrogen-bond donors (Lipinski definition) is 1. The highest BCUT2D eigenvalue weighted by molar-refractivity contribution is 9.10. The maximum Gasteiger partial charge on any atom is 0.307 e. The van der Waals surface area contributed by atoms with Gasteiger partial charge in [0.25, 0.3) is 0 Å². The molecule has 0 aromatic heterocycles. The normalized spacial score (nSPS) is 12.2. The summed E-state index contributed by atoms with van der Waals surface area (Å²) >= 11 is 3.47. The van der Waals surface area contributed by atoms with Crippen LogP contribution in [-0.4, -0.2) is 17.2 Å². The molecule has 0 saturated heterocycles. The lowest BCUT2D eigenvalue weighted by Gasteiger charge is -2.14. The third-order valence-corrected chi connectivity index (χ3v) is 3.46. The van der Waals surface area contributed by atoms with Crippen molar-refractivity contribution < 1.29 is 14.6 Å². The number of ether oxygens (including phenoxy) is 1. The van der Waals surface area contributed by atoms with Gasteiger partial charge < -0.3 is 9.84 Å². The lowest BCUT2D eigenvalue weighted by Crippen LogP contribution is -2.16. The zero-order valence-corrected chi connectivity index (χ0v) is 11.2. The number of halogens is 1. The van der Waals surface area contributed by atoms with Crippen molar-refractivity contribution in [2.24, 2.45) is 0 Å². The van der Waals surface area contributed by atoms with E-state index in [4.69, 9.17) is 9.84 Å². The SMILES string of the molecule is Cc1cc(O[C@H](C)CC(=O)O)cc(C)c1Br. The molecule has 1 atom stereocenters. The molecule has 1 rings (SSSR count). The number of carbonyl (C=O) groups is 1. The molecule has 16 heavy (non-hydrogen) atoms. The summed E-state index contributed by atoms with van der Waals surface area (Å²) in [7, 11) is 0. The number of carboxylic acids is 1. The van der Waals surface area contributed by atoms with E-state index < -0.39 is 5.97 Å². The summed E-state index contributed by atoms with van der Waals surface area (Å²) in [5, 5.41) is 8.63. The van der Waals surface area contributed by atoms with Crippen LogP contribution >= 0.6 is 15.9 Å². The molecular weight excluding hydrogens is 272 g/mol. The summed E-state index contributed by atoms with van der Waals surface area (Å²) in [4.78, 5) is 10.5. The molecule has 0 amide bonds. The highest BCUT2D eigenvalue weighted by Crippen LogP contribution is 2.27. The van der Waals surface area contributed by atoms with Gasteiger partial charge in [-0.1, -0.05) is 15.9 Å². The van der Waals surface area contributed by atoms with Crippen molar-refractivity contribution in [3.8, 4) is 5.75 Å². The van der Waals surface area contributed by atoms with Gasteiger partial charge in [-0.25, -0.2) is 0 Å². The number of benzene rings is 1. The fourth-order valence-corrected chi connectivity index (χ4v) is 1.72. The summed E-state index contributed by atoms with van der Waals surface area (Å²) < 4.78 is 6.60. The predicted molar refractivity (Wildman–Crippen MR) is 66.0 cm³/mol. The van der Waals surface area contributed by atoms with Crippen LogP contribution < -0.4 is 4.74 Å². The number of hydrogen-bond acceptors (Lipinski definition) is 2. The Bertz CT molecular complexity index is 378. The molecule has 1 aromatic rings. The van der Waals surface area contributed by atoms with Gasteiger partial charge in [0, 0.05) is 4.47 Å². The van der Waals surface area contributed by atoms with Gasteiger partial charge in [-0.3, -0.25) is 4.79 Å². The summed E-state index contributed by atoms with van der Waals surface area (Å²) in [5.74, 6) is -0.134. The molecule has 0 spiro atoms. The summed E-state index contributed by atoms with van der Waals surface area (Å²) in [6, 6.07) is 3.80. The van der Waals surface area contributed by atoms with Gasteiger partial charge in [0.1, 0.15) is 11.9 Å². The quantitative estimate of drug-likeness (QED) is 0.924. The van der Waals surface area contributed by atoms with E-state index in [0.29, 0.717) is 5.75 Å². The van der Waals surface area contributed by atoms with Crippen molar-refractivity contribution in [2.45, 2.75) is 33.3 Å². The Morgan fingerprint density at radius 3 is 2.38 bits per heavy atom. The minimum atomic E-state index is -0.849. The molecule has 0 aliphatic rings. The first-order valence-electron chi connectivity index (χ1n) is 5.05. The van der Waals surface area contributed by atoms with Gasteiger partial charge >= 0.3 is 5.97 Å². The molecule has 1 N–H and O–H groups in total. The van der Waals surface area contributed by atoms with Crippen LogP contribution in [0.2, 0.25) is 0 Å². The summed E-state index contributed by atoms with van der Waals surface area (Å²) in [6.45, 7) is 5.71. The predicted octanol–water partition coefficient (Wildman–Crippen LogP) is 3.31. The van der Waals surface area contributed by atoms with Crippen LogP contribution in [0.15, 0.2) is 16.6 Å². The van der Waals surface area contributed by atoms with Crippen LogP contribution in [0, 0.1) is 13.8 Å². The Morgan fingerprint density at radius 2 is 1.94 bits per heavy atom. The maximum atomic E-state index is 10.5. The van der Waals surface area contributed by atoms with Crippen LogP contribution in [0.25, 0.3) is 0 Å². The Labute approximate surface area is 104 Å². The van der Waals surface area contributed by atoms with E-state index in [1.807, 2.05) is 26.0 Å². The number of rotatable bonds is 4. The van der Waals surface area contributed by atoms with E-state index in [1.165, 1.54) is 0 Å². The Kier molecular flexibility index (Phi) is 4.35. The van der Waals surface area contributed by atoms with Gasteiger partial charge in [-0.05, 0) is 44.0 Å². The van der Waals surface area contributed by atoms with Crippen LogP contribution in [0.1, 0.15) is 24.5 Å². The second kappa shape index (κ2) is 5.34. The van der Waals surface area contributed by atoms with E-state index in [2.05, 4.69) is 15.9 Å². The van der Waals surface area contributed by atoms with E-state index >= 15 is 0 Å². The van der Waals surface area contributed by atoms with Gasteiger partial charge in [-0.15, -0.1) is 0 Å². The average molecular weight is 287 g/mol. The first-order valence-corrected chi connectivity index (χ1v) is 5.84. The first kappa shape index (κ1) is 13.0. The zero-order chi connectivity index (χ0) is 12.3. The number of aliphatic carboxylic acids is 1. The second-order valence-corrected chi connectivity index (χ2v) is 4.69. The number of aryl methyl sites for hydroxylation is 2. The maximum absolute atomic E-state index is 10.5. The smallest absolute Gasteiger partial charge is 0.307 e. The molecule has 88 valence electrons. The monoisotopic (exact) mass is 286 g/mol. The minimum Gasteiger partial charge on any atom is -0.490 e. The van der Waals surface area contributed by atoms with E-state index in [0.717, 1.165) is 15.6 Å². The Balaban J connectivity index is 2.78. The molecule has 0 fully saturated rings. The fraction of sp³-hybridized carbons (Fsp3) is 0.417. The molecule has 0 saturated carbocycles. The van der Waals surface area contributed by atoms with Crippen molar-refractivity contribution in [1.29, 1.82) is 0 Å². The number of carboxylic acid groups (broad SMARTS) is 1. The molecule has 1 aromatic carbocycles. The van der Waals surface area contributed by atoms with Crippen molar-refractivity contribution in [3.05, 3.63) is 27.7 Å². The van der Waals surface area contributed by atoms with Crippen LogP contribution in [-0.2, 0) is 4.79 Å². The Morgan fingerprint density at radius 1 is 1.44 bits per heavy atom. The third-order valence-electron chi connectivity index (χ3n) is 2.21. The fourth-order valence-electron chi connectivity index (χ4n) is 1.49. The largest absolute Gasteiger partial charge is 0.490 e. The van der Waals surface area contributed by atoms with Gasteiger partial charge in [-0.2, -0.15) is 0 Å².